The number of ether oxygens (including phenoxy) is 1. The van der Waals surface area contributed by atoms with Gasteiger partial charge in [0.25, 0.3) is 0 Å². The van der Waals surface area contributed by atoms with Gasteiger partial charge in [0.1, 0.15) is 0 Å². The van der Waals surface area contributed by atoms with Crippen molar-refractivity contribution in [2.45, 2.75) is 44.8 Å². The van der Waals surface area contributed by atoms with Gasteiger partial charge in [0.15, 0.2) is 0 Å². The molecule has 0 aliphatic carbocycles. The van der Waals surface area contributed by atoms with Crippen molar-refractivity contribution in [2.24, 2.45) is 5.10 Å². The number of aliphatic carboxylic acids is 1. The summed E-state index contributed by atoms with van der Waals surface area (Å²) in [6.07, 6.45) is 3.70. The Morgan fingerprint density at radius 2 is 2.00 bits per heavy atom. The number of carboxylic acid groups (broad SMARTS) is 1. The molecular formula is C15H22N4O4S. The van der Waals surface area contributed by atoms with Gasteiger partial charge in [-0.15, -0.1) is 0 Å². The van der Waals surface area contributed by atoms with E-state index in [0.29, 0.717) is 17.7 Å². The minimum Gasteiger partial charge on any atom is -0.481 e. The van der Waals surface area contributed by atoms with Crippen LogP contribution in [-0.4, -0.2) is 44.0 Å². The molecule has 0 radical (unpaired) electrons. The third-order valence-electron chi connectivity index (χ3n) is 2.75. The highest BCUT2D eigenvalue weighted by molar-refractivity contribution is 7.81. The van der Waals surface area contributed by atoms with E-state index in [1.807, 2.05) is 13.8 Å². The average molecular weight is 354 g/mol. The first kappa shape index (κ1) is 19.9. The van der Waals surface area contributed by atoms with Crippen molar-refractivity contribution in [2.75, 3.05) is 6.61 Å². The zero-order valence-corrected chi connectivity index (χ0v) is 14.8. The van der Waals surface area contributed by atoms with Crippen LogP contribution < -0.4 is 10.2 Å². The van der Waals surface area contributed by atoms with Crippen LogP contribution in [0.2, 0.25) is 0 Å². The molecule has 1 aromatic rings. The van der Waals surface area contributed by atoms with Crippen LogP contribution in [0.1, 0.15) is 45.6 Å². The number of hydrazone groups is 1. The number of thiol groups is 1. The zero-order valence-electron chi connectivity index (χ0n) is 13.9. The predicted molar refractivity (Wildman–Crippen MR) is 92.4 cm³/mol. The quantitative estimate of drug-likeness (QED) is 0.269. The molecule has 0 fully saturated rings. The molecule has 0 aliphatic heterocycles. The molecule has 24 heavy (non-hydrogen) atoms. The second kappa shape index (κ2) is 9.21. The Labute approximate surface area is 146 Å². The van der Waals surface area contributed by atoms with Crippen molar-refractivity contribution in [3.63, 3.8) is 0 Å². The predicted octanol–water partition coefficient (Wildman–Crippen LogP) is 1.66. The van der Waals surface area contributed by atoms with Crippen LogP contribution in [0.3, 0.4) is 0 Å². The van der Waals surface area contributed by atoms with Crippen LogP contribution in [0.25, 0.3) is 0 Å². The molecule has 0 aromatic carbocycles. The van der Waals surface area contributed by atoms with Crippen molar-refractivity contribution < 1.29 is 19.4 Å². The van der Waals surface area contributed by atoms with E-state index in [2.05, 4.69) is 33.1 Å². The molecule has 132 valence electrons. The second-order valence-corrected chi connectivity index (χ2v) is 7.03. The van der Waals surface area contributed by atoms with E-state index in [-0.39, 0.29) is 31.4 Å². The summed E-state index contributed by atoms with van der Waals surface area (Å²) in [4.78, 5) is 30.1. The van der Waals surface area contributed by atoms with E-state index >= 15 is 0 Å². The van der Waals surface area contributed by atoms with Gasteiger partial charge in [-0.1, -0.05) is 13.8 Å². The van der Waals surface area contributed by atoms with E-state index in [1.54, 1.807) is 6.92 Å². The molecular weight excluding hydrogens is 332 g/mol. The fourth-order valence-corrected chi connectivity index (χ4v) is 1.75. The lowest BCUT2D eigenvalue weighted by Crippen LogP contribution is -2.26. The number of nitrogens with one attached hydrogen (secondary N) is 1. The molecule has 0 spiro atoms. The lowest BCUT2D eigenvalue weighted by Gasteiger charge is -2.15. The van der Waals surface area contributed by atoms with Gasteiger partial charge in [-0.3, -0.25) is 9.59 Å². The zero-order chi connectivity index (χ0) is 18.2. The number of carbonyl (C=O) groups excluding carboxylic acids is 1. The van der Waals surface area contributed by atoms with Gasteiger partial charge in [0.05, 0.1) is 12.3 Å². The summed E-state index contributed by atoms with van der Waals surface area (Å²) in [7, 11) is 0. The number of carbonyl (C=O) groups is 2. The lowest BCUT2D eigenvalue weighted by atomic mass is 10.1. The van der Waals surface area contributed by atoms with Crippen LogP contribution >= 0.6 is 12.6 Å². The first-order chi connectivity index (χ1) is 11.2. The molecule has 0 saturated heterocycles. The van der Waals surface area contributed by atoms with E-state index in [0.717, 1.165) is 0 Å². The van der Waals surface area contributed by atoms with Crippen molar-refractivity contribution in [3.8, 4) is 6.01 Å². The molecule has 1 rings (SSSR count). The molecule has 9 heteroatoms. The van der Waals surface area contributed by atoms with Crippen molar-refractivity contribution in [3.05, 3.63) is 18.0 Å². The number of hydrogen-bond acceptors (Lipinski definition) is 7. The van der Waals surface area contributed by atoms with Crippen molar-refractivity contribution in [1.82, 2.24) is 15.4 Å². The molecule has 2 N–H and O–H groups in total. The Hall–Kier alpha value is -2.16. The smallest absolute Gasteiger partial charge is 0.316 e. The van der Waals surface area contributed by atoms with E-state index in [1.165, 1.54) is 12.4 Å². The molecule has 8 nitrogen and oxygen atoms in total. The van der Waals surface area contributed by atoms with Gasteiger partial charge in [-0.05, 0) is 13.3 Å². The molecule has 1 heterocycles. The standard InChI is InChI=1S/C15H22N4O4S/c1-10(18-19-12(20)7-15(2,3)24)11-8-16-14(17-9-11)23-6-4-5-13(21)22/h8-9,24H,4-7H2,1-3H3,(H,19,20)(H,21,22). The third-order valence-corrected chi connectivity index (χ3v) is 2.91. The Balaban J connectivity index is 2.50. The summed E-state index contributed by atoms with van der Waals surface area (Å²) in [5, 5.41) is 12.5. The van der Waals surface area contributed by atoms with Crippen molar-refractivity contribution in [1.29, 1.82) is 0 Å². The van der Waals surface area contributed by atoms with Gasteiger partial charge in [0.2, 0.25) is 5.91 Å². The normalized spacial score (nSPS) is 11.9. The van der Waals surface area contributed by atoms with E-state index in [9.17, 15) is 9.59 Å². The summed E-state index contributed by atoms with van der Waals surface area (Å²) in [5.74, 6) is -1.10. The molecule has 1 amide bonds. The van der Waals surface area contributed by atoms with Crippen LogP contribution in [0.4, 0.5) is 0 Å². The maximum Gasteiger partial charge on any atom is 0.316 e. The Morgan fingerprint density at radius 1 is 1.38 bits per heavy atom. The van der Waals surface area contributed by atoms with E-state index < -0.39 is 10.7 Å². The molecule has 1 aromatic heterocycles. The highest BCUT2D eigenvalue weighted by Crippen LogP contribution is 2.16. The van der Waals surface area contributed by atoms with Crippen LogP contribution in [-0.2, 0) is 9.59 Å². The van der Waals surface area contributed by atoms with Crippen LogP contribution in [0, 0.1) is 0 Å². The fraction of sp³-hybridized carbons (Fsp3) is 0.533. The number of nitrogens with zero attached hydrogens (tertiary/aromatic N) is 3. The van der Waals surface area contributed by atoms with Crippen LogP contribution in [0.5, 0.6) is 6.01 Å². The minimum absolute atomic E-state index is 0.0344. The van der Waals surface area contributed by atoms with Gasteiger partial charge in [0, 0.05) is 35.5 Å². The second-order valence-electron chi connectivity index (χ2n) is 5.82. The summed E-state index contributed by atoms with van der Waals surface area (Å²) in [6.45, 7) is 5.64. The Kier molecular flexibility index (Phi) is 7.63. The third kappa shape index (κ3) is 8.47. The Bertz CT molecular complexity index is 596. The minimum atomic E-state index is -0.870. The monoisotopic (exact) mass is 354 g/mol. The lowest BCUT2D eigenvalue weighted by molar-refractivity contribution is -0.137. The topological polar surface area (TPSA) is 114 Å². The maximum atomic E-state index is 11.7. The average Bonchev–Trinajstić information content (AvgIpc) is 2.48. The first-order valence-corrected chi connectivity index (χ1v) is 7.84. The van der Waals surface area contributed by atoms with Gasteiger partial charge in [-0.25, -0.2) is 15.4 Å². The van der Waals surface area contributed by atoms with Crippen LogP contribution in [0.15, 0.2) is 17.5 Å². The summed E-state index contributed by atoms with van der Waals surface area (Å²) >= 11 is 4.29. The largest absolute Gasteiger partial charge is 0.481 e. The van der Waals surface area contributed by atoms with Gasteiger partial charge >= 0.3 is 12.0 Å². The summed E-state index contributed by atoms with van der Waals surface area (Å²) < 4.78 is 4.83. The number of amides is 1. The van der Waals surface area contributed by atoms with E-state index in [4.69, 9.17) is 9.84 Å². The molecule has 0 unspecified atom stereocenters. The highest BCUT2D eigenvalue weighted by atomic mass is 32.1. The molecule has 0 aliphatic rings. The Morgan fingerprint density at radius 3 is 2.54 bits per heavy atom. The number of carboxylic acids is 1. The van der Waals surface area contributed by atoms with Crippen molar-refractivity contribution >= 4 is 30.2 Å². The molecule has 0 saturated carbocycles. The van der Waals surface area contributed by atoms with Gasteiger partial charge in [-0.2, -0.15) is 17.7 Å². The maximum absolute atomic E-state index is 11.7. The highest BCUT2D eigenvalue weighted by Gasteiger charge is 2.16. The number of aromatic nitrogens is 2. The number of hydrogen-bond donors (Lipinski definition) is 3. The fourth-order valence-electron chi connectivity index (χ4n) is 1.61. The number of rotatable bonds is 9. The molecule has 0 atom stereocenters. The first-order valence-electron chi connectivity index (χ1n) is 7.40. The summed E-state index contributed by atoms with van der Waals surface area (Å²) in [5.41, 5.74) is 3.65. The van der Waals surface area contributed by atoms with Gasteiger partial charge < -0.3 is 9.84 Å². The summed E-state index contributed by atoms with van der Waals surface area (Å²) in [6, 6.07) is 0.165. The molecule has 0 bridgehead atoms. The SMILES string of the molecule is CC(=NNC(=O)CC(C)(C)S)c1cnc(OCCCC(=O)O)nc1.